The van der Waals surface area contributed by atoms with Crippen molar-refractivity contribution in [3.05, 3.63) is 29.5 Å². The summed E-state index contributed by atoms with van der Waals surface area (Å²) in [6.45, 7) is 2.73. The van der Waals surface area contributed by atoms with Gasteiger partial charge in [0.2, 0.25) is 0 Å². The molecule has 4 nitrogen and oxygen atoms in total. The van der Waals surface area contributed by atoms with Gasteiger partial charge in [-0.3, -0.25) is 0 Å². The quantitative estimate of drug-likeness (QED) is 0.753. The molecule has 1 N–H and O–H groups in total. The fourth-order valence-electron chi connectivity index (χ4n) is 0.985. The molecule has 1 aromatic rings. The van der Waals surface area contributed by atoms with Crippen LogP contribution in [-0.2, 0) is 0 Å². The van der Waals surface area contributed by atoms with Crippen LogP contribution in [-0.4, -0.2) is 31.6 Å². The van der Waals surface area contributed by atoms with Crippen molar-refractivity contribution in [2.75, 3.05) is 26.2 Å². The first kappa shape index (κ1) is 11.8. The summed E-state index contributed by atoms with van der Waals surface area (Å²) in [5, 5.41) is 10.3. The van der Waals surface area contributed by atoms with Crippen molar-refractivity contribution in [1.82, 2.24) is 4.90 Å². The van der Waals surface area contributed by atoms with Crippen molar-refractivity contribution in [1.29, 1.82) is 0 Å². The summed E-state index contributed by atoms with van der Waals surface area (Å²) in [7, 11) is 4.02. The minimum absolute atomic E-state index is 0.363. The van der Waals surface area contributed by atoms with Crippen LogP contribution in [0.1, 0.15) is 6.92 Å². The lowest BCUT2D eigenvalue weighted by molar-refractivity contribution is 0.198. The van der Waals surface area contributed by atoms with Gasteiger partial charge in [0, 0.05) is 11.7 Å². The number of anilines is 1. The van der Waals surface area contributed by atoms with E-state index in [0.717, 1.165) is 5.75 Å². The Hall–Kier alpha value is -1.26. The minimum atomic E-state index is 0.363. The molecule has 0 aliphatic carbocycles. The summed E-state index contributed by atoms with van der Waals surface area (Å²) in [5.74, 6) is 0.780. The Balaban J connectivity index is 2.44. The van der Waals surface area contributed by atoms with Crippen molar-refractivity contribution in [3.8, 4) is 5.75 Å². The van der Waals surface area contributed by atoms with Crippen LogP contribution < -0.4 is 10.2 Å². The molecule has 0 spiro atoms. The van der Waals surface area contributed by atoms with Gasteiger partial charge < -0.3 is 20.3 Å². The third kappa shape index (κ3) is 3.77. The lowest BCUT2D eigenvalue weighted by Gasteiger charge is -2.20. The van der Waals surface area contributed by atoms with Gasteiger partial charge in [0.25, 0.3) is 0 Å². The van der Waals surface area contributed by atoms with Crippen LogP contribution in [0.25, 0.3) is 0 Å². The molecule has 1 aromatic carbocycles. The average Bonchev–Trinajstić information content (AvgIpc) is 2.26. The third-order valence-electron chi connectivity index (χ3n) is 2.34. The molecule has 1 rings (SSSR count). The number of ether oxygens (including phenoxy) is 1. The highest BCUT2D eigenvalue weighted by molar-refractivity contribution is 5.46. The first-order chi connectivity index (χ1) is 7.13. The van der Waals surface area contributed by atoms with Gasteiger partial charge in [-0.25, -0.2) is 0 Å². The molecule has 0 saturated heterocycles. The molecule has 1 atom stereocenters. The van der Waals surface area contributed by atoms with Crippen molar-refractivity contribution in [2.24, 2.45) is 0 Å². The zero-order chi connectivity index (χ0) is 11.3. The molecule has 15 heavy (non-hydrogen) atoms. The Morgan fingerprint density at radius 1 is 1.33 bits per heavy atom. The van der Waals surface area contributed by atoms with E-state index in [1.54, 1.807) is 24.3 Å². The number of benzene rings is 1. The summed E-state index contributed by atoms with van der Waals surface area (Å²) < 4.78 is 5.56. The summed E-state index contributed by atoms with van der Waals surface area (Å²) >= 11 is 0. The lowest BCUT2D eigenvalue weighted by atomic mass is 10.3. The Labute approximate surface area is 90.4 Å². The van der Waals surface area contributed by atoms with Gasteiger partial charge in [-0.05, 0) is 45.3 Å². The third-order valence-corrected chi connectivity index (χ3v) is 2.34. The highest BCUT2D eigenvalue weighted by atomic mass is 16.5. The molecule has 0 aromatic heterocycles. The Morgan fingerprint density at radius 2 is 1.93 bits per heavy atom. The standard InChI is InChI=1S/C11H17N2O2/c1-9(13(2)3)8-15-11-6-4-10(12-14)5-7-11/h4-7,9,12H,8H2,1-3H3/q-1. The van der Waals surface area contributed by atoms with E-state index < -0.39 is 0 Å². The molecule has 0 aliphatic heterocycles. The smallest absolute Gasteiger partial charge is 0.119 e. The SMILES string of the molecule is CC(COc1ccc(N[O-])cc1)N(C)C. The zero-order valence-electron chi connectivity index (χ0n) is 9.36. The van der Waals surface area contributed by atoms with Crippen LogP contribution in [0.5, 0.6) is 5.75 Å². The normalized spacial score (nSPS) is 12.6. The predicted molar refractivity (Wildman–Crippen MR) is 62.1 cm³/mol. The number of rotatable bonds is 5. The summed E-state index contributed by atoms with van der Waals surface area (Å²) in [4.78, 5) is 2.09. The second-order valence-corrected chi connectivity index (χ2v) is 3.75. The fraction of sp³-hybridized carbons (Fsp3) is 0.455. The van der Waals surface area contributed by atoms with E-state index in [9.17, 15) is 5.21 Å². The van der Waals surface area contributed by atoms with Gasteiger partial charge in [-0.1, -0.05) is 0 Å². The van der Waals surface area contributed by atoms with E-state index in [4.69, 9.17) is 4.74 Å². The zero-order valence-corrected chi connectivity index (χ0v) is 9.36. The van der Waals surface area contributed by atoms with Crippen LogP contribution in [0.15, 0.2) is 24.3 Å². The molecule has 0 saturated carbocycles. The summed E-state index contributed by atoms with van der Waals surface area (Å²) in [6.07, 6.45) is 0. The summed E-state index contributed by atoms with van der Waals surface area (Å²) in [5.41, 5.74) is 2.37. The Kier molecular flexibility index (Phi) is 4.39. The number of likely N-dealkylation sites (N-methyl/N-ethyl adjacent to an activating group) is 1. The Morgan fingerprint density at radius 3 is 2.40 bits per heavy atom. The van der Waals surface area contributed by atoms with Gasteiger partial charge in [0.05, 0.1) is 0 Å². The highest BCUT2D eigenvalue weighted by Crippen LogP contribution is 2.15. The lowest BCUT2D eigenvalue weighted by Crippen LogP contribution is -2.30. The number of hydrogen-bond donors (Lipinski definition) is 1. The molecular formula is C11H17N2O2-. The molecular weight excluding hydrogens is 192 g/mol. The topological polar surface area (TPSA) is 47.6 Å². The van der Waals surface area contributed by atoms with Gasteiger partial charge in [-0.2, -0.15) is 0 Å². The maximum atomic E-state index is 10.3. The van der Waals surface area contributed by atoms with Crippen molar-refractivity contribution >= 4 is 5.69 Å². The maximum absolute atomic E-state index is 10.3. The van der Waals surface area contributed by atoms with Gasteiger partial charge in [0.1, 0.15) is 12.4 Å². The van der Waals surface area contributed by atoms with Crippen LogP contribution in [0.2, 0.25) is 0 Å². The molecule has 0 fully saturated rings. The minimum Gasteiger partial charge on any atom is -0.761 e. The van der Waals surface area contributed by atoms with E-state index in [2.05, 4.69) is 11.8 Å². The monoisotopic (exact) mass is 209 g/mol. The largest absolute Gasteiger partial charge is 0.761 e. The van der Waals surface area contributed by atoms with E-state index in [-0.39, 0.29) is 0 Å². The van der Waals surface area contributed by atoms with Crippen LogP contribution >= 0.6 is 0 Å². The first-order valence-corrected chi connectivity index (χ1v) is 4.91. The van der Waals surface area contributed by atoms with Crippen molar-refractivity contribution < 1.29 is 4.74 Å². The summed E-state index contributed by atoms with van der Waals surface area (Å²) in [6, 6.07) is 7.32. The Bertz CT molecular complexity index is 285. The van der Waals surface area contributed by atoms with Gasteiger partial charge in [0.15, 0.2) is 0 Å². The van der Waals surface area contributed by atoms with Crippen LogP contribution in [0.3, 0.4) is 0 Å². The molecule has 0 aliphatic rings. The predicted octanol–water partition coefficient (Wildman–Crippen LogP) is 1.93. The van der Waals surface area contributed by atoms with Crippen LogP contribution in [0, 0.1) is 5.21 Å². The number of nitrogens with zero attached hydrogens (tertiary/aromatic N) is 1. The van der Waals surface area contributed by atoms with E-state index in [1.165, 1.54) is 0 Å². The van der Waals surface area contributed by atoms with Crippen LogP contribution in [0.4, 0.5) is 5.69 Å². The fourth-order valence-corrected chi connectivity index (χ4v) is 0.985. The molecule has 0 radical (unpaired) electrons. The van der Waals surface area contributed by atoms with Crippen molar-refractivity contribution in [2.45, 2.75) is 13.0 Å². The van der Waals surface area contributed by atoms with E-state index in [1.807, 2.05) is 19.6 Å². The second kappa shape index (κ2) is 5.58. The van der Waals surface area contributed by atoms with Crippen molar-refractivity contribution in [3.63, 3.8) is 0 Å². The first-order valence-electron chi connectivity index (χ1n) is 4.91. The number of hydrogen-bond acceptors (Lipinski definition) is 4. The molecule has 0 bridgehead atoms. The van der Waals surface area contributed by atoms with E-state index >= 15 is 0 Å². The molecule has 0 amide bonds. The molecule has 4 heteroatoms. The highest BCUT2D eigenvalue weighted by Gasteiger charge is 2.04. The van der Waals surface area contributed by atoms with Gasteiger partial charge >= 0.3 is 0 Å². The molecule has 0 heterocycles. The maximum Gasteiger partial charge on any atom is 0.119 e. The average molecular weight is 209 g/mol. The number of nitrogens with one attached hydrogen (secondary N) is 1. The molecule has 84 valence electrons. The van der Waals surface area contributed by atoms with Gasteiger partial charge in [-0.15, -0.1) is 0 Å². The molecule has 1 unspecified atom stereocenters. The van der Waals surface area contributed by atoms with E-state index in [0.29, 0.717) is 18.3 Å². The second-order valence-electron chi connectivity index (χ2n) is 3.75.